The van der Waals surface area contributed by atoms with Crippen molar-refractivity contribution in [1.29, 1.82) is 0 Å². The number of fused-ring (bicyclic) bond motifs is 1. The van der Waals surface area contributed by atoms with Crippen LogP contribution in [0.3, 0.4) is 0 Å². The van der Waals surface area contributed by atoms with Gasteiger partial charge in [-0.1, -0.05) is 11.6 Å². The zero-order valence-electron chi connectivity index (χ0n) is 18.1. The Morgan fingerprint density at radius 3 is 2.41 bits per heavy atom. The fraction of sp³-hybridized carbons (Fsp3) is 0.364. The summed E-state index contributed by atoms with van der Waals surface area (Å²) >= 11 is 5.89. The lowest BCUT2D eigenvalue weighted by Gasteiger charge is -2.32. The van der Waals surface area contributed by atoms with E-state index in [1.165, 1.54) is 10.6 Å². The number of rotatable bonds is 6. The smallest absolute Gasteiger partial charge is 0.255 e. The molecule has 1 N–H and O–H groups in total. The molecule has 1 aromatic heterocycles. The Balaban J connectivity index is 1.50. The molecule has 8 nitrogen and oxygen atoms in total. The fourth-order valence-electron chi connectivity index (χ4n) is 3.95. The first kappa shape index (κ1) is 22.7. The van der Waals surface area contributed by atoms with Crippen molar-refractivity contribution in [1.82, 2.24) is 18.8 Å². The molecular formula is C22H26ClN5O3S. The lowest BCUT2D eigenvalue weighted by molar-refractivity contribution is 0.102. The highest BCUT2D eigenvalue weighted by molar-refractivity contribution is 7.88. The molecule has 1 amide bonds. The number of piperazine rings is 1. The van der Waals surface area contributed by atoms with E-state index in [9.17, 15) is 13.2 Å². The number of halogens is 1. The van der Waals surface area contributed by atoms with E-state index in [4.69, 9.17) is 16.6 Å². The number of anilines is 1. The Morgan fingerprint density at radius 2 is 1.78 bits per heavy atom. The highest BCUT2D eigenvalue weighted by Gasteiger charge is 2.24. The molecule has 3 aromatic rings. The fourth-order valence-corrected chi connectivity index (χ4v) is 4.91. The molecule has 2 aromatic carbocycles. The number of hydrogen-bond acceptors (Lipinski definition) is 5. The molecule has 4 rings (SSSR count). The van der Waals surface area contributed by atoms with Gasteiger partial charge in [-0.25, -0.2) is 13.4 Å². The number of imidazole rings is 1. The molecule has 1 aliphatic rings. The number of carbonyl (C=O) groups is 1. The highest BCUT2D eigenvalue weighted by atomic mass is 35.5. The Labute approximate surface area is 192 Å². The van der Waals surface area contributed by atoms with Crippen LogP contribution in [0.1, 0.15) is 23.1 Å². The minimum absolute atomic E-state index is 0.208. The van der Waals surface area contributed by atoms with E-state index < -0.39 is 10.0 Å². The van der Waals surface area contributed by atoms with Crippen LogP contribution in [0.15, 0.2) is 42.5 Å². The summed E-state index contributed by atoms with van der Waals surface area (Å²) in [6, 6.07) is 12.5. The first-order valence-corrected chi connectivity index (χ1v) is 12.7. The van der Waals surface area contributed by atoms with E-state index in [0.717, 1.165) is 23.4 Å². The van der Waals surface area contributed by atoms with Crippen LogP contribution >= 0.6 is 11.6 Å². The molecular weight excluding hydrogens is 450 g/mol. The summed E-state index contributed by atoms with van der Waals surface area (Å²) in [4.78, 5) is 19.6. The Bertz CT molecular complexity index is 1230. The zero-order chi connectivity index (χ0) is 22.9. The number of aromatic nitrogens is 2. The molecule has 0 spiro atoms. The molecule has 1 fully saturated rings. The third-order valence-corrected chi connectivity index (χ3v) is 7.23. The van der Waals surface area contributed by atoms with Gasteiger partial charge in [0.15, 0.2) is 0 Å². The first-order valence-electron chi connectivity index (χ1n) is 10.5. The van der Waals surface area contributed by atoms with Gasteiger partial charge in [0.2, 0.25) is 10.0 Å². The Kier molecular flexibility index (Phi) is 6.52. The molecule has 170 valence electrons. The molecule has 0 unspecified atom stereocenters. The summed E-state index contributed by atoms with van der Waals surface area (Å²) in [6.07, 6.45) is 1.25. The van der Waals surface area contributed by atoms with Crippen LogP contribution in [0.4, 0.5) is 5.69 Å². The SMILES string of the molecule is CCn1c(CN2CCN(S(C)(=O)=O)CC2)nc2cc(NC(=O)c3ccc(Cl)cc3)ccc21. The normalized spacial score (nSPS) is 15.8. The van der Waals surface area contributed by atoms with Gasteiger partial charge in [-0.3, -0.25) is 9.69 Å². The van der Waals surface area contributed by atoms with E-state index in [1.54, 1.807) is 24.3 Å². The van der Waals surface area contributed by atoms with Gasteiger partial charge in [0, 0.05) is 49.0 Å². The quantitative estimate of drug-likeness (QED) is 0.592. The number of nitrogens with zero attached hydrogens (tertiary/aromatic N) is 4. The van der Waals surface area contributed by atoms with E-state index in [-0.39, 0.29) is 5.91 Å². The third-order valence-electron chi connectivity index (χ3n) is 5.67. The van der Waals surface area contributed by atoms with Gasteiger partial charge >= 0.3 is 0 Å². The molecule has 0 radical (unpaired) electrons. The Hall–Kier alpha value is -2.46. The van der Waals surface area contributed by atoms with E-state index in [1.807, 2.05) is 18.2 Å². The van der Waals surface area contributed by atoms with Gasteiger partial charge in [-0.2, -0.15) is 4.31 Å². The molecule has 0 saturated carbocycles. The van der Waals surface area contributed by atoms with Gasteiger partial charge in [0.25, 0.3) is 5.91 Å². The second-order valence-corrected chi connectivity index (χ2v) is 10.3. The standard InChI is InChI=1S/C22H26ClN5O3S/c1-3-28-20-9-8-18(24-22(29)16-4-6-17(23)7-5-16)14-19(20)25-21(28)15-26-10-12-27(13-11-26)32(2,30)31/h4-9,14H,3,10-13,15H2,1-2H3,(H,24,29). The lowest BCUT2D eigenvalue weighted by Crippen LogP contribution is -2.48. The number of sulfonamides is 1. The van der Waals surface area contributed by atoms with Crippen molar-refractivity contribution >= 4 is 44.3 Å². The van der Waals surface area contributed by atoms with Crippen LogP contribution < -0.4 is 5.32 Å². The predicted octanol–water partition coefficient (Wildman–Crippen LogP) is 3.04. The van der Waals surface area contributed by atoms with Gasteiger partial charge in [-0.15, -0.1) is 0 Å². The topological polar surface area (TPSA) is 87.5 Å². The minimum Gasteiger partial charge on any atom is -0.327 e. The van der Waals surface area contributed by atoms with Crippen molar-refractivity contribution in [3.8, 4) is 0 Å². The lowest BCUT2D eigenvalue weighted by atomic mass is 10.2. The van der Waals surface area contributed by atoms with Gasteiger partial charge in [0.1, 0.15) is 5.82 Å². The summed E-state index contributed by atoms with van der Waals surface area (Å²) in [6.45, 7) is 5.81. The minimum atomic E-state index is -3.15. The summed E-state index contributed by atoms with van der Waals surface area (Å²) in [5.41, 5.74) is 3.02. The van der Waals surface area contributed by atoms with Crippen LogP contribution in [0.25, 0.3) is 11.0 Å². The summed E-state index contributed by atoms with van der Waals surface area (Å²) in [5, 5.41) is 3.49. The molecule has 0 aliphatic carbocycles. The van der Waals surface area contributed by atoms with Crippen molar-refractivity contribution in [3.63, 3.8) is 0 Å². The molecule has 1 aliphatic heterocycles. The molecule has 1 saturated heterocycles. The summed E-state index contributed by atoms with van der Waals surface area (Å²) in [7, 11) is -3.15. The van der Waals surface area contributed by atoms with E-state index in [2.05, 4.69) is 21.7 Å². The number of aryl methyl sites for hydroxylation is 1. The largest absolute Gasteiger partial charge is 0.327 e. The van der Waals surface area contributed by atoms with Crippen LogP contribution in [0.2, 0.25) is 5.02 Å². The predicted molar refractivity (Wildman–Crippen MR) is 127 cm³/mol. The highest BCUT2D eigenvalue weighted by Crippen LogP contribution is 2.23. The maximum Gasteiger partial charge on any atom is 0.255 e. The number of amides is 1. The maximum absolute atomic E-state index is 12.5. The number of hydrogen-bond donors (Lipinski definition) is 1. The van der Waals surface area contributed by atoms with Gasteiger partial charge < -0.3 is 9.88 Å². The summed E-state index contributed by atoms with van der Waals surface area (Å²) in [5.74, 6) is 0.719. The van der Waals surface area contributed by atoms with Crippen LogP contribution in [0.5, 0.6) is 0 Å². The first-order chi connectivity index (χ1) is 15.2. The molecule has 10 heteroatoms. The van der Waals surface area contributed by atoms with Crippen molar-refractivity contribution in [2.24, 2.45) is 0 Å². The van der Waals surface area contributed by atoms with Crippen molar-refractivity contribution in [3.05, 3.63) is 58.9 Å². The Morgan fingerprint density at radius 1 is 1.09 bits per heavy atom. The average molecular weight is 476 g/mol. The molecule has 32 heavy (non-hydrogen) atoms. The van der Waals surface area contributed by atoms with Gasteiger partial charge in [-0.05, 0) is 49.4 Å². The second-order valence-electron chi connectivity index (χ2n) is 7.87. The number of carbonyl (C=O) groups excluding carboxylic acids is 1. The number of nitrogens with one attached hydrogen (secondary N) is 1. The van der Waals surface area contributed by atoms with Crippen LogP contribution in [-0.2, 0) is 23.1 Å². The zero-order valence-corrected chi connectivity index (χ0v) is 19.7. The molecule has 0 atom stereocenters. The average Bonchev–Trinajstić information content (AvgIpc) is 3.10. The molecule has 2 heterocycles. The van der Waals surface area contributed by atoms with Crippen LogP contribution in [0, 0.1) is 0 Å². The van der Waals surface area contributed by atoms with Crippen molar-refractivity contribution in [2.75, 3.05) is 37.8 Å². The maximum atomic E-state index is 12.5. The van der Waals surface area contributed by atoms with E-state index >= 15 is 0 Å². The van der Waals surface area contributed by atoms with Gasteiger partial charge in [0.05, 0.1) is 23.8 Å². The number of benzene rings is 2. The molecule has 0 bridgehead atoms. The third kappa shape index (κ3) is 4.96. The van der Waals surface area contributed by atoms with Crippen molar-refractivity contribution in [2.45, 2.75) is 20.0 Å². The summed E-state index contributed by atoms with van der Waals surface area (Å²) < 4.78 is 27.1. The second kappa shape index (κ2) is 9.19. The monoisotopic (exact) mass is 475 g/mol. The van der Waals surface area contributed by atoms with E-state index in [0.29, 0.717) is 49.0 Å². The van der Waals surface area contributed by atoms with Crippen LogP contribution in [-0.4, -0.2) is 65.5 Å². The van der Waals surface area contributed by atoms with Crippen molar-refractivity contribution < 1.29 is 13.2 Å².